The number of carboxylic acids is 1. The fourth-order valence-electron chi connectivity index (χ4n) is 9.07. The lowest BCUT2D eigenvalue weighted by Gasteiger charge is -2.55. The zero-order valence-electron chi connectivity index (χ0n) is 26.2. The monoisotopic (exact) mass is 591 g/mol. The summed E-state index contributed by atoms with van der Waals surface area (Å²) in [5.74, 6) is 1.69. The van der Waals surface area contributed by atoms with Gasteiger partial charge in [0.2, 0.25) is 0 Å². The molecule has 2 aliphatic carbocycles. The highest BCUT2D eigenvalue weighted by molar-refractivity contribution is 6.00. The highest BCUT2D eigenvalue weighted by atomic mass is 16.6. The van der Waals surface area contributed by atoms with E-state index in [1.807, 2.05) is 47.8 Å². The van der Waals surface area contributed by atoms with Gasteiger partial charge in [0.1, 0.15) is 12.3 Å². The number of rotatable bonds is 10. The molecule has 1 aromatic heterocycles. The van der Waals surface area contributed by atoms with Crippen molar-refractivity contribution in [3.63, 3.8) is 0 Å². The Balaban J connectivity index is 1.31. The van der Waals surface area contributed by atoms with E-state index >= 15 is 0 Å². The molecule has 9 heteroatoms. The third-order valence-electron chi connectivity index (χ3n) is 10.6. The number of hydrogen-bond donors (Lipinski definition) is 1. The summed E-state index contributed by atoms with van der Waals surface area (Å²) in [6.45, 7) is 3.45. The van der Waals surface area contributed by atoms with Gasteiger partial charge < -0.3 is 19.4 Å². The number of benzene rings is 1. The first-order valence-electron chi connectivity index (χ1n) is 16.6. The van der Waals surface area contributed by atoms with Crippen LogP contribution in [-0.2, 0) is 9.63 Å². The SMILES string of the molecule is CC1CC2CC(C1)CC(N1C3CCCC1CC(n1c(=O)c(/C(CCC(=O)O)=N/OCCN(C)C)nc4ccccc41)C3)C2. The summed E-state index contributed by atoms with van der Waals surface area (Å²) in [5, 5.41) is 13.7. The number of carboxylic acid groups (broad SMARTS) is 1. The fraction of sp³-hybridized carbons (Fsp3) is 0.706. The van der Waals surface area contributed by atoms with Crippen molar-refractivity contribution in [2.24, 2.45) is 22.9 Å². The van der Waals surface area contributed by atoms with Crippen LogP contribution in [0.15, 0.2) is 34.2 Å². The van der Waals surface area contributed by atoms with Crippen molar-refractivity contribution in [3.8, 4) is 0 Å². The lowest BCUT2D eigenvalue weighted by molar-refractivity contribution is -0.136. The number of carbonyl (C=O) groups is 1. The molecule has 0 radical (unpaired) electrons. The molecule has 2 saturated heterocycles. The largest absolute Gasteiger partial charge is 0.481 e. The average molecular weight is 592 g/mol. The van der Waals surface area contributed by atoms with Crippen molar-refractivity contribution >= 4 is 22.7 Å². The van der Waals surface area contributed by atoms with E-state index in [1.54, 1.807) is 0 Å². The number of aliphatic carboxylic acids is 1. The van der Waals surface area contributed by atoms with Crippen LogP contribution in [0.25, 0.3) is 11.0 Å². The number of aromatic nitrogens is 2. The second-order valence-corrected chi connectivity index (χ2v) is 14.2. The summed E-state index contributed by atoms with van der Waals surface area (Å²) in [6.07, 6.45) is 12.4. The number of fused-ring (bicyclic) bond motifs is 5. The second kappa shape index (κ2) is 13.1. The Labute approximate surface area is 255 Å². The Morgan fingerprint density at radius 2 is 1.67 bits per heavy atom. The van der Waals surface area contributed by atoms with Crippen molar-refractivity contribution in [2.45, 2.75) is 108 Å². The molecule has 0 spiro atoms. The molecule has 4 aliphatic rings. The quantitative estimate of drug-likeness (QED) is 0.227. The van der Waals surface area contributed by atoms with Gasteiger partial charge in [0.25, 0.3) is 5.56 Å². The minimum atomic E-state index is -0.941. The van der Waals surface area contributed by atoms with Crippen LogP contribution in [0.2, 0.25) is 0 Å². The van der Waals surface area contributed by atoms with Crippen LogP contribution in [0.4, 0.5) is 0 Å². The molecule has 43 heavy (non-hydrogen) atoms. The molecule has 2 aliphatic heterocycles. The van der Waals surface area contributed by atoms with Gasteiger partial charge in [-0.05, 0) is 102 Å². The van der Waals surface area contributed by atoms with Crippen molar-refractivity contribution in [1.29, 1.82) is 0 Å². The number of hydrogen-bond acceptors (Lipinski definition) is 7. The van der Waals surface area contributed by atoms with Crippen LogP contribution in [0.3, 0.4) is 0 Å². The highest BCUT2D eigenvalue weighted by Gasteiger charge is 2.46. The maximum Gasteiger partial charge on any atom is 0.303 e. The Hall–Kier alpha value is -2.78. The predicted octanol–water partition coefficient (Wildman–Crippen LogP) is 5.32. The average Bonchev–Trinajstić information content (AvgIpc) is 2.95. The van der Waals surface area contributed by atoms with Gasteiger partial charge >= 0.3 is 5.97 Å². The second-order valence-electron chi connectivity index (χ2n) is 14.2. The summed E-state index contributed by atoms with van der Waals surface area (Å²) < 4.78 is 1.98. The maximum absolute atomic E-state index is 14.4. The Kier molecular flexibility index (Phi) is 9.19. The normalized spacial score (nSPS) is 31.3. The van der Waals surface area contributed by atoms with Crippen LogP contribution in [-0.4, -0.2) is 81.5 Å². The van der Waals surface area contributed by atoms with Crippen LogP contribution in [0, 0.1) is 17.8 Å². The van der Waals surface area contributed by atoms with E-state index in [-0.39, 0.29) is 30.1 Å². The van der Waals surface area contributed by atoms with Gasteiger partial charge in [-0.1, -0.05) is 30.6 Å². The fourth-order valence-corrected chi connectivity index (χ4v) is 9.07. The number of likely N-dealkylation sites (N-methyl/N-ethyl adjacent to an activating group) is 1. The van der Waals surface area contributed by atoms with E-state index in [4.69, 9.17) is 9.82 Å². The molecule has 2 aromatic rings. The third-order valence-corrected chi connectivity index (χ3v) is 10.6. The van der Waals surface area contributed by atoms with Gasteiger partial charge in [-0.2, -0.15) is 0 Å². The maximum atomic E-state index is 14.4. The molecule has 4 bridgehead atoms. The van der Waals surface area contributed by atoms with Crippen molar-refractivity contribution in [2.75, 3.05) is 27.2 Å². The van der Waals surface area contributed by atoms with Crippen LogP contribution >= 0.6 is 0 Å². The zero-order chi connectivity index (χ0) is 30.1. The molecule has 4 fully saturated rings. The van der Waals surface area contributed by atoms with E-state index in [0.29, 0.717) is 37.0 Å². The van der Waals surface area contributed by atoms with Crippen molar-refractivity contribution in [1.82, 2.24) is 19.4 Å². The van der Waals surface area contributed by atoms with E-state index in [0.717, 1.165) is 41.6 Å². The van der Waals surface area contributed by atoms with Gasteiger partial charge in [-0.25, -0.2) is 4.98 Å². The van der Waals surface area contributed by atoms with E-state index in [9.17, 15) is 14.7 Å². The van der Waals surface area contributed by atoms with Gasteiger partial charge in [0.15, 0.2) is 5.69 Å². The highest BCUT2D eigenvalue weighted by Crippen LogP contribution is 2.48. The van der Waals surface area contributed by atoms with Crippen LogP contribution in [0.5, 0.6) is 0 Å². The van der Waals surface area contributed by atoms with Gasteiger partial charge in [0.05, 0.1) is 17.5 Å². The minimum absolute atomic E-state index is 0.0733. The minimum Gasteiger partial charge on any atom is -0.481 e. The van der Waals surface area contributed by atoms with Crippen LogP contribution < -0.4 is 5.56 Å². The number of para-hydroxylation sites is 2. The number of nitrogens with zero attached hydrogens (tertiary/aromatic N) is 5. The molecular formula is C34H49N5O4. The summed E-state index contributed by atoms with van der Waals surface area (Å²) in [4.78, 5) is 41.1. The van der Waals surface area contributed by atoms with Crippen molar-refractivity contribution < 1.29 is 14.7 Å². The van der Waals surface area contributed by atoms with E-state index in [2.05, 4.69) is 17.0 Å². The van der Waals surface area contributed by atoms with Gasteiger partial charge in [-0.15, -0.1) is 0 Å². The molecule has 0 amide bonds. The molecular weight excluding hydrogens is 542 g/mol. The van der Waals surface area contributed by atoms with Gasteiger partial charge in [-0.3, -0.25) is 14.5 Å². The predicted molar refractivity (Wildman–Crippen MR) is 168 cm³/mol. The van der Waals surface area contributed by atoms with E-state index < -0.39 is 5.97 Å². The van der Waals surface area contributed by atoms with Gasteiger partial charge in [0, 0.05) is 37.1 Å². The molecule has 4 atom stereocenters. The topological polar surface area (TPSA) is 100 Å². The number of piperidine rings is 2. The van der Waals surface area contributed by atoms with Crippen LogP contribution in [0.1, 0.15) is 95.7 Å². The summed E-state index contributed by atoms with van der Waals surface area (Å²) >= 11 is 0. The van der Waals surface area contributed by atoms with E-state index in [1.165, 1.54) is 51.4 Å². The lowest BCUT2D eigenvalue weighted by Crippen LogP contribution is -2.59. The molecule has 4 unspecified atom stereocenters. The molecule has 1 N–H and O–H groups in total. The molecule has 2 saturated carbocycles. The Morgan fingerprint density at radius 1 is 0.977 bits per heavy atom. The standard InChI is InChI=1S/C34H49N5O4/c1-22-15-23-17-24(16-22)19-27(18-23)38-25-7-6-8-26(38)21-28(20-25)39-31-10-5-4-9-29(31)35-33(34(39)42)30(11-12-32(40)41)36-43-14-13-37(2)3/h4-5,9-10,22-28H,6-8,11-21H2,1-3H3,(H,40,41)/b36-30+. The molecule has 9 nitrogen and oxygen atoms in total. The third kappa shape index (κ3) is 6.68. The molecule has 6 rings (SSSR count). The van der Waals surface area contributed by atoms with Crippen molar-refractivity contribution in [3.05, 3.63) is 40.3 Å². The first-order valence-corrected chi connectivity index (χ1v) is 16.6. The Bertz CT molecular complexity index is 1360. The summed E-state index contributed by atoms with van der Waals surface area (Å²) in [5.41, 5.74) is 1.92. The smallest absolute Gasteiger partial charge is 0.303 e. The Morgan fingerprint density at radius 3 is 2.35 bits per heavy atom. The lowest BCUT2D eigenvalue weighted by atomic mass is 9.65. The zero-order valence-corrected chi connectivity index (χ0v) is 26.2. The number of oxime groups is 1. The first kappa shape index (κ1) is 30.3. The summed E-state index contributed by atoms with van der Waals surface area (Å²) in [6, 6.07) is 9.60. The molecule has 3 heterocycles. The molecule has 234 valence electrons. The molecule has 1 aromatic carbocycles. The first-order chi connectivity index (χ1) is 20.8. The summed E-state index contributed by atoms with van der Waals surface area (Å²) in [7, 11) is 3.89.